The fourth-order valence-corrected chi connectivity index (χ4v) is 19.9. The Morgan fingerprint density at radius 3 is 0.789 bits per heavy atom. The van der Waals surface area contributed by atoms with Gasteiger partial charge >= 0.3 is 0 Å². The smallest absolute Gasteiger partial charge is 0.137 e. The van der Waals surface area contributed by atoms with Crippen LogP contribution in [0.1, 0.15) is 0 Å². The van der Waals surface area contributed by atoms with Gasteiger partial charge in [0.1, 0.15) is 67.0 Å². The highest BCUT2D eigenvalue weighted by Crippen LogP contribution is 2.51. The number of anilines is 9. The van der Waals surface area contributed by atoms with Crippen LogP contribution < -0.4 is 14.7 Å². The molecule has 6 heterocycles. The van der Waals surface area contributed by atoms with Gasteiger partial charge in [-0.15, -0.1) is 0 Å². The van der Waals surface area contributed by atoms with Crippen molar-refractivity contribution < 1.29 is 26.5 Å². The maximum absolute atomic E-state index is 7.05. The van der Waals surface area contributed by atoms with Gasteiger partial charge in [0.05, 0.1) is 11.4 Å². The molecule has 0 aliphatic heterocycles. The Morgan fingerprint density at radius 2 is 0.366 bits per heavy atom. The van der Waals surface area contributed by atoms with Gasteiger partial charge in [-0.25, -0.2) is 0 Å². The van der Waals surface area contributed by atoms with Crippen molar-refractivity contribution in [2.45, 2.75) is 0 Å². The Bertz CT molecular complexity index is 9220. The van der Waals surface area contributed by atoms with Crippen LogP contribution in [0.2, 0.25) is 0 Å². The summed E-state index contributed by atoms with van der Waals surface area (Å²) < 4.78 is 41.1. The van der Waals surface area contributed by atoms with Crippen molar-refractivity contribution in [3.63, 3.8) is 0 Å². The minimum absolute atomic E-state index is 0.774. The molecule has 9 heteroatoms. The number of fused-ring (bicyclic) bond motifs is 27. The van der Waals surface area contributed by atoms with Gasteiger partial charge in [-0.1, -0.05) is 200 Å². The van der Waals surface area contributed by atoms with Crippen LogP contribution in [-0.2, 0) is 0 Å². The zero-order valence-electron chi connectivity index (χ0n) is 65.8. The first-order chi connectivity index (χ1) is 60.9. The predicted octanol–water partition coefficient (Wildman–Crippen LogP) is 33.7. The van der Waals surface area contributed by atoms with Gasteiger partial charge in [-0.3, -0.25) is 0 Å². The number of benzene rings is 21. The summed E-state index contributed by atoms with van der Waals surface area (Å²) in [5.74, 6) is 0. The Labute approximate surface area is 700 Å². The topological polar surface area (TPSA) is 88.6 Å². The monoisotopic (exact) mass is 1570 g/mol. The summed E-state index contributed by atoms with van der Waals surface area (Å²) in [5.41, 5.74) is 22.6. The molecule has 572 valence electrons. The number of hydrogen-bond donors (Lipinski definition) is 0. The molecule has 9 nitrogen and oxygen atoms in total. The quantitative estimate of drug-likeness (QED) is 0.118. The zero-order chi connectivity index (χ0) is 80.2. The van der Waals surface area contributed by atoms with Crippen LogP contribution in [0.5, 0.6) is 0 Å². The predicted molar refractivity (Wildman–Crippen MR) is 510 cm³/mol. The molecule has 0 atom stereocenters. The molecule has 0 aliphatic carbocycles. The lowest BCUT2D eigenvalue weighted by Crippen LogP contribution is -2.10. The molecule has 0 fully saturated rings. The first-order valence-corrected chi connectivity index (χ1v) is 41.7. The summed E-state index contributed by atoms with van der Waals surface area (Å²) in [6.07, 6.45) is 0. The van der Waals surface area contributed by atoms with E-state index in [2.05, 4.69) is 385 Å². The fraction of sp³-hybridized carbons (Fsp3) is 0. The Kier molecular flexibility index (Phi) is 14.2. The molecule has 0 saturated carbocycles. The number of furan rings is 6. The van der Waals surface area contributed by atoms with Gasteiger partial charge in [0, 0.05) is 152 Å². The fourth-order valence-electron chi connectivity index (χ4n) is 19.9. The largest absolute Gasteiger partial charge is 0.456 e. The molecule has 0 saturated heterocycles. The van der Waals surface area contributed by atoms with Gasteiger partial charge in [0.15, 0.2) is 0 Å². The summed E-state index contributed by atoms with van der Waals surface area (Å²) in [6, 6.07) is 141. The number of para-hydroxylation sites is 2. The highest BCUT2D eigenvalue weighted by molar-refractivity contribution is 6.20. The summed E-state index contributed by atoms with van der Waals surface area (Å²) >= 11 is 0. The molecule has 0 bridgehead atoms. The van der Waals surface area contributed by atoms with Crippen LogP contribution in [0.4, 0.5) is 51.2 Å². The van der Waals surface area contributed by atoms with E-state index in [1.54, 1.807) is 0 Å². The second-order valence-corrected chi connectivity index (χ2v) is 32.6. The second-order valence-electron chi connectivity index (χ2n) is 32.6. The lowest BCUT2D eigenvalue weighted by atomic mass is 9.98. The molecular formula is C114H65N3O6. The van der Waals surface area contributed by atoms with E-state index in [9.17, 15) is 0 Å². The Morgan fingerprint density at radius 1 is 0.122 bits per heavy atom. The molecule has 0 N–H and O–H groups in total. The van der Waals surface area contributed by atoms with Crippen molar-refractivity contribution in [2.75, 3.05) is 14.7 Å². The lowest BCUT2D eigenvalue weighted by molar-refractivity contribution is 0.668. The second kappa shape index (κ2) is 25.9. The van der Waals surface area contributed by atoms with Crippen LogP contribution in [-0.4, -0.2) is 0 Å². The van der Waals surface area contributed by atoms with Crippen LogP contribution in [0, 0.1) is 0 Å². The molecule has 27 aromatic rings. The van der Waals surface area contributed by atoms with Gasteiger partial charge < -0.3 is 41.2 Å². The summed E-state index contributed by atoms with van der Waals surface area (Å²) in [7, 11) is 0. The third-order valence-electron chi connectivity index (χ3n) is 25.7. The minimum Gasteiger partial charge on any atom is -0.456 e. The van der Waals surface area contributed by atoms with E-state index in [-0.39, 0.29) is 0 Å². The van der Waals surface area contributed by atoms with Crippen molar-refractivity contribution in [1.82, 2.24) is 0 Å². The zero-order valence-corrected chi connectivity index (χ0v) is 65.8. The van der Waals surface area contributed by atoms with Crippen molar-refractivity contribution in [3.8, 4) is 22.3 Å². The molecule has 123 heavy (non-hydrogen) atoms. The maximum atomic E-state index is 7.05. The summed E-state index contributed by atoms with van der Waals surface area (Å²) in [6.45, 7) is 0. The Hall–Kier alpha value is -16.6. The van der Waals surface area contributed by atoms with Gasteiger partial charge in [-0.05, 0) is 234 Å². The van der Waals surface area contributed by atoms with Gasteiger partial charge in [0.2, 0.25) is 0 Å². The van der Waals surface area contributed by atoms with Gasteiger partial charge in [0.25, 0.3) is 0 Å². The molecule has 0 spiro atoms. The average molecular weight is 1570 g/mol. The summed E-state index contributed by atoms with van der Waals surface area (Å²) in [5, 5.41) is 26.7. The molecular weight excluding hydrogens is 1510 g/mol. The van der Waals surface area contributed by atoms with Crippen LogP contribution in [0.25, 0.3) is 219 Å². The first kappa shape index (κ1) is 67.4. The maximum Gasteiger partial charge on any atom is 0.137 e. The third kappa shape index (κ3) is 10.4. The van der Waals surface area contributed by atoms with E-state index < -0.39 is 0 Å². The van der Waals surface area contributed by atoms with E-state index in [1.807, 2.05) is 24.3 Å². The number of hydrogen-bond acceptors (Lipinski definition) is 9. The molecule has 6 aromatic heterocycles. The molecule has 0 unspecified atom stereocenters. The standard InChI is InChI=1S/C114H65N3O6/c1-4-17-81-67(15-1)31-43-87-85(81)24-13-25-101(87)116(77-39-51-97-91-45-33-70(56-106(91)121-112(97)62-77)69-32-44-90-96-49-38-76(61-111(96)120-105(90)55-69)115(75-37-48-94-88-22-9-11-26-103(88)118-109(94)60-75)74-36-30-68-29-28-66-14-2-5-18-82(66)100(68)59-74)78-40-52-98-92-46-34-71(57-107(92)122-113(98)63-78)72-35-47-93-99-53-42-80(65-114(99)123-108(93)58-72)117(79-41-50-95-89-23-10-12-27-104(89)119-110(95)64-79)102-54-73-16-3-6-19-83(73)84-20-7-8-21-86(84)102/h1-65H. The molecule has 0 radical (unpaired) electrons. The third-order valence-corrected chi connectivity index (χ3v) is 25.7. The molecule has 0 amide bonds. The SMILES string of the molecule is c1ccc2c(c1)ccc1ccc(N(c3ccc4c(c3)oc3ccccc34)c3ccc4c(c3)oc3cc(-c5ccc6c(c5)oc5cc(N(c7ccc8c(c7)oc7cc(-c9ccc%10c(c9)oc9cc(N(c%11ccc%12c(c%11)oc%11ccccc%11%12)c%11cc%12ccccc%12c%12ccccc%11%12)ccc9%10)ccc78)c7cccc8c7ccc7ccccc78)ccc56)ccc34)cc12. The lowest BCUT2D eigenvalue weighted by Gasteiger charge is -2.27. The van der Waals surface area contributed by atoms with Crippen LogP contribution in [0.3, 0.4) is 0 Å². The normalized spacial score (nSPS) is 12.2. The Balaban J connectivity index is 0.527. The van der Waals surface area contributed by atoms with Crippen LogP contribution in [0.15, 0.2) is 421 Å². The average Bonchev–Trinajstić information content (AvgIpc) is 0.937. The minimum atomic E-state index is 0.774. The number of rotatable bonds is 11. The van der Waals surface area contributed by atoms with E-state index in [1.165, 1.54) is 48.5 Å². The molecule has 21 aromatic carbocycles. The summed E-state index contributed by atoms with van der Waals surface area (Å²) in [4.78, 5) is 7.00. The van der Waals surface area contributed by atoms with Crippen molar-refractivity contribution in [2.24, 2.45) is 0 Å². The molecule has 27 rings (SSSR count). The van der Waals surface area contributed by atoms with Gasteiger partial charge in [-0.2, -0.15) is 0 Å². The van der Waals surface area contributed by atoms with E-state index in [4.69, 9.17) is 26.5 Å². The highest BCUT2D eigenvalue weighted by Gasteiger charge is 2.26. The van der Waals surface area contributed by atoms with E-state index in [0.717, 1.165) is 221 Å². The van der Waals surface area contributed by atoms with Crippen LogP contribution >= 0.6 is 0 Å². The van der Waals surface area contributed by atoms with E-state index >= 15 is 0 Å². The molecule has 0 aliphatic rings. The van der Waals surface area contributed by atoms with Crippen molar-refractivity contribution in [3.05, 3.63) is 394 Å². The van der Waals surface area contributed by atoms with Crippen molar-refractivity contribution in [1.29, 1.82) is 0 Å². The van der Waals surface area contributed by atoms with E-state index in [0.29, 0.717) is 0 Å². The first-order valence-electron chi connectivity index (χ1n) is 41.7. The number of nitrogens with zero attached hydrogens (tertiary/aromatic N) is 3. The highest BCUT2D eigenvalue weighted by atomic mass is 16.3. The van der Waals surface area contributed by atoms with Crippen molar-refractivity contribution >= 4 is 247 Å².